The van der Waals surface area contributed by atoms with E-state index in [4.69, 9.17) is 11.6 Å². The molecule has 2 amide bonds. The van der Waals surface area contributed by atoms with E-state index < -0.39 is 0 Å². The van der Waals surface area contributed by atoms with E-state index in [2.05, 4.69) is 5.32 Å². The lowest BCUT2D eigenvalue weighted by atomic mass is 10.2. The highest BCUT2D eigenvalue weighted by atomic mass is 35.5. The second-order valence-electron chi connectivity index (χ2n) is 6.34. The van der Waals surface area contributed by atoms with Crippen molar-refractivity contribution in [2.75, 3.05) is 6.54 Å². The summed E-state index contributed by atoms with van der Waals surface area (Å²) in [6.45, 7) is 2.51. The molecule has 27 heavy (non-hydrogen) atoms. The molecule has 1 N–H and O–H groups in total. The van der Waals surface area contributed by atoms with Crippen LogP contribution in [0.15, 0.2) is 48.5 Å². The van der Waals surface area contributed by atoms with Gasteiger partial charge in [-0.05, 0) is 30.7 Å². The van der Waals surface area contributed by atoms with Gasteiger partial charge < -0.3 is 10.2 Å². The molecule has 1 saturated heterocycles. The Bertz CT molecular complexity index is 831. The van der Waals surface area contributed by atoms with Crippen molar-refractivity contribution in [3.8, 4) is 0 Å². The van der Waals surface area contributed by atoms with Crippen LogP contribution in [0.25, 0.3) is 0 Å². The second-order valence-corrected chi connectivity index (χ2v) is 8.17. The van der Waals surface area contributed by atoms with E-state index in [1.807, 2.05) is 25.1 Å². The first-order chi connectivity index (χ1) is 13.0. The number of hydrogen-bond acceptors (Lipinski definition) is 3. The predicted molar refractivity (Wildman–Crippen MR) is 106 cm³/mol. The molecule has 2 aromatic rings. The molecule has 0 aliphatic carbocycles. The third-order valence-electron chi connectivity index (χ3n) is 4.40. The summed E-state index contributed by atoms with van der Waals surface area (Å²) in [5, 5.41) is 3.05. The van der Waals surface area contributed by atoms with Crippen LogP contribution in [-0.2, 0) is 16.1 Å². The number of benzene rings is 2. The highest BCUT2D eigenvalue weighted by Crippen LogP contribution is 2.44. The number of halogens is 2. The van der Waals surface area contributed by atoms with E-state index in [1.54, 1.807) is 23.1 Å². The van der Waals surface area contributed by atoms with Crippen molar-refractivity contribution in [1.82, 2.24) is 10.2 Å². The Morgan fingerprint density at radius 3 is 2.63 bits per heavy atom. The van der Waals surface area contributed by atoms with Gasteiger partial charge in [-0.25, -0.2) is 4.39 Å². The maximum Gasteiger partial charge on any atom is 0.236 e. The summed E-state index contributed by atoms with van der Waals surface area (Å²) in [7, 11) is 0. The van der Waals surface area contributed by atoms with Gasteiger partial charge in [0.1, 0.15) is 11.2 Å². The summed E-state index contributed by atoms with van der Waals surface area (Å²) in [6, 6.07) is 13.4. The van der Waals surface area contributed by atoms with Crippen LogP contribution in [0, 0.1) is 5.82 Å². The largest absolute Gasteiger partial charge is 0.352 e. The van der Waals surface area contributed by atoms with Gasteiger partial charge in [0.15, 0.2) is 0 Å². The summed E-state index contributed by atoms with van der Waals surface area (Å²) in [5.41, 5.74) is 1.70. The van der Waals surface area contributed by atoms with Crippen molar-refractivity contribution in [3.05, 3.63) is 70.5 Å². The van der Waals surface area contributed by atoms with Crippen molar-refractivity contribution in [1.29, 1.82) is 0 Å². The minimum Gasteiger partial charge on any atom is -0.352 e. The molecule has 0 radical (unpaired) electrons. The van der Waals surface area contributed by atoms with Crippen molar-refractivity contribution in [3.63, 3.8) is 0 Å². The number of amides is 2. The number of carbonyl (C=O) groups excluding carboxylic acids is 2. The number of nitrogens with zero attached hydrogens (tertiary/aromatic N) is 1. The van der Waals surface area contributed by atoms with Gasteiger partial charge in [0.25, 0.3) is 0 Å². The highest BCUT2D eigenvalue weighted by Gasteiger charge is 2.39. The number of carbonyl (C=O) groups is 2. The predicted octanol–water partition coefficient (Wildman–Crippen LogP) is 4.15. The van der Waals surface area contributed by atoms with E-state index >= 15 is 0 Å². The van der Waals surface area contributed by atoms with Crippen LogP contribution in [0.2, 0.25) is 5.02 Å². The van der Waals surface area contributed by atoms with E-state index in [0.717, 1.165) is 11.1 Å². The van der Waals surface area contributed by atoms with Crippen LogP contribution in [0.4, 0.5) is 4.39 Å². The molecule has 1 fully saturated rings. The minimum atomic E-state index is -0.310. The summed E-state index contributed by atoms with van der Waals surface area (Å²) in [6.07, 6.45) is 0.196. The van der Waals surface area contributed by atoms with Crippen LogP contribution < -0.4 is 5.32 Å². The second kappa shape index (κ2) is 8.76. The molecule has 3 rings (SSSR count). The molecule has 0 unspecified atom stereocenters. The van der Waals surface area contributed by atoms with Crippen LogP contribution in [0.3, 0.4) is 0 Å². The average Bonchev–Trinajstić information content (AvgIpc) is 2.94. The Balaban J connectivity index is 1.59. The van der Waals surface area contributed by atoms with Crippen molar-refractivity contribution in [2.45, 2.75) is 30.5 Å². The number of thioether (sulfide) groups is 1. The first-order valence-electron chi connectivity index (χ1n) is 8.67. The summed E-state index contributed by atoms with van der Waals surface area (Å²) < 4.78 is 12.9. The Kier molecular flexibility index (Phi) is 6.39. The lowest BCUT2D eigenvalue weighted by Gasteiger charge is -2.24. The van der Waals surface area contributed by atoms with Crippen molar-refractivity contribution >= 4 is 35.2 Å². The van der Waals surface area contributed by atoms with E-state index in [1.165, 1.54) is 23.9 Å². The summed E-state index contributed by atoms with van der Waals surface area (Å²) in [4.78, 5) is 26.4. The quantitative estimate of drug-likeness (QED) is 0.784. The first-order valence-corrected chi connectivity index (χ1v) is 9.99. The Morgan fingerprint density at radius 1 is 1.22 bits per heavy atom. The first kappa shape index (κ1) is 19.7. The molecule has 2 atom stereocenters. The van der Waals surface area contributed by atoms with Gasteiger partial charge in [0, 0.05) is 30.1 Å². The smallest absolute Gasteiger partial charge is 0.236 e. The van der Waals surface area contributed by atoms with Crippen LogP contribution in [0.5, 0.6) is 0 Å². The highest BCUT2D eigenvalue weighted by molar-refractivity contribution is 8.01. The topological polar surface area (TPSA) is 49.4 Å². The van der Waals surface area contributed by atoms with Gasteiger partial charge in [0.05, 0.1) is 5.25 Å². The van der Waals surface area contributed by atoms with E-state index in [-0.39, 0.29) is 34.7 Å². The third-order valence-corrected chi connectivity index (χ3v) is 6.12. The fourth-order valence-corrected chi connectivity index (χ4v) is 4.58. The molecular formula is C20H20ClFN2O2S. The van der Waals surface area contributed by atoms with Crippen molar-refractivity contribution < 1.29 is 14.0 Å². The standard InChI is InChI=1S/C20H20ClFN2O2S/c1-13-19(26)24(20(27-13)16-4-2-3-5-17(16)21)11-10-18(25)23-12-14-6-8-15(22)9-7-14/h2-9,13,20H,10-12H2,1H3,(H,23,25)/t13-,20+/m1/s1. The van der Waals surface area contributed by atoms with Crippen LogP contribution in [-0.4, -0.2) is 28.5 Å². The van der Waals surface area contributed by atoms with E-state index in [9.17, 15) is 14.0 Å². The van der Waals surface area contributed by atoms with Crippen molar-refractivity contribution in [2.24, 2.45) is 0 Å². The lowest BCUT2D eigenvalue weighted by molar-refractivity contribution is -0.130. The zero-order valence-corrected chi connectivity index (χ0v) is 16.4. The van der Waals surface area contributed by atoms with E-state index in [0.29, 0.717) is 18.1 Å². The van der Waals surface area contributed by atoms with Gasteiger partial charge in [0.2, 0.25) is 11.8 Å². The molecule has 0 aromatic heterocycles. The van der Waals surface area contributed by atoms with Gasteiger partial charge in [-0.2, -0.15) is 0 Å². The molecule has 0 saturated carbocycles. The maximum absolute atomic E-state index is 12.9. The molecule has 7 heteroatoms. The Hall–Kier alpha value is -2.05. The average molecular weight is 407 g/mol. The zero-order chi connectivity index (χ0) is 19.4. The molecule has 1 aliphatic rings. The van der Waals surface area contributed by atoms with Gasteiger partial charge in [-0.15, -0.1) is 11.8 Å². The molecule has 2 aromatic carbocycles. The number of rotatable bonds is 6. The summed E-state index contributed by atoms with van der Waals surface area (Å²) >= 11 is 7.84. The molecule has 0 spiro atoms. The fourth-order valence-electron chi connectivity index (χ4n) is 2.93. The SMILES string of the molecule is C[C@H]1S[C@@H](c2ccccc2Cl)N(CCC(=O)NCc2ccc(F)cc2)C1=O. The molecule has 1 aliphatic heterocycles. The number of nitrogens with one attached hydrogen (secondary N) is 1. The lowest BCUT2D eigenvalue weighted by Crippen LogP contribution is -2.34. The molecule has 4 nitrogen and oxygen atoms in total. The molecule has 1 heterocycles. The van der Waals surface area contributed by atoms with Gasteiger partial charge >= 0.3 is 0 Å². The minimum absolute atomic E-state index is 0.0104. The normalized spacial score (nSPS) is 19.4. The van der Waals surface area contributed by atoms with Gasteiger partial charge in [-0.3, -0.25) is 9.59 Å². The third kappa shape index (κ3) is 4.82. The van der Waals surface area contributed by atoms with Gasteiger partial charge in [-0.1, -0.05) is 41.9 Å². The van der Waals surface area contributed by atoms with Crippen LogP contribution in [0.1, 0.15) is 29.8 Å². The monoisotopic (exact) mass is 406 g/mol. The fraction of sp³-hybridized carbons (Fsp3) is 0.300. The maximum atomic E-state index is 12.9. The molecule has 142 valence electrons. The molecule has 0 bridgehead atoms. The zero-order valence-electron chi connectivity index (χ0n) is 14.8. The molecular weight excluding hydrogens is 387 g/mol. The van der Waals surface area contributed by atoms with Crippen LogP contribution >= 0.6 is 23.4 Å². The number of hydrogen-bond donors (Lipinski definition) is 1. The Labute approximate surface area is 167 Å². The summed E-state index contributed by atoms with van der Waals surface area (Å²) in [5.74, 6) is -0.458. The Morgan fingerprint density at radius 2 is 1.93 bits per heavy atom.